The first-order valence-corrected chi connectivity index (χ1v) is 6.10. The fourth-order valence-corrected chi connectivity index (χ4v) is 2.02. The van der Waals surface area contributed by atoms with E-state index in [1.807, 2.05) is 47.9 Å². The molecule has 0 amide bonds. The first kappa shape index (κ1) is 11.6. The number of aryl methyl sites for hydroxylation is 1. The number of hydrogen-bond donors (Lipinski definition) is 0. The SMILES string of the molecule is Cc1ccc(C(=O)Cn2cnc3ccccc32)cn1. The average Bonchev–Trinajstić information content (AvgIpc) is 2.83. The number of fused-ring (bicyclic) bond motifs is 1. The summed E-state index contributed by atoms with van der Waals surface area (Å²) in [6.45, 7) is 2.18. The molecule has 0 fully saturated rings. The molecule has 0 bridgehead atoms. The van der Waals surface area contributed by atoms with Gasteiger partial charge in [0.05, 0.1) is 23.9 Å². The Balaban J connectivity index is 1.89. The van der Waals surface area contributed by atoms with Crippen LogP contribution in [0.5, 0.6) is 0 Å². The fourth-order valence-electron chi connectivity index (χ4n) is 2.02. The molecule has 3 rings (SSSR count). The highest BCUT2D eigenvalue weighted by Gasteiger charge is 2.09. The van der Waals surface area contributed by atoms with Crippen molar-refractivity contribution in [2.24, 2.45) is 0 Å². The Morgan fingerprint density at radius 3 is 2.79 bits per heavy atom. The molecule has 0 saturated carbocycles. The molecule has 4 heteroatoms. The van der Waals surface area contributed by atoms with Crippen molar-refractivity contribution >= 4 is 16.8 Å². The average molecular weight is 251 g/mol. The number of rotatable bonds is 3. The zero-order valence-electron chi connectivity index (χ0n) is 10.6. The van der Waals surface area contributed by atoms with Crippen LogP contribution in [-0.2, 0) is 6.54 Å². The maximum absolute atomic E-state index is 12.2. The van der Waals surface area contributed by atoms with E-state index in [0.717, 1.165) is 16.7 Å². The molecule has 0 aliphatic carbocycles. The van der Waals surface area contributed by atoms with Crippen LogP contribution in [0.2, 0.25) is 0 Å². The number of nitrogens with zero attached hydrogens (tertiary/aromatic N) is 3. The van der Waals surface area contributed by atoms with Crippen molar-refractivity contribution in [3.8, 4) is 0 Å². The first-order valence-electron chi connectivity index (χ1n) is 6.10. The van der Waals surface area contributed by atoms with Gasteiger partial charge < -0.3 is 4.57 Å². The van der Waals surface area contributed by atoms with E-state index in [0.29, 0.717) is 5.56 Å². The Bertz CT molecular complexity index is 728. The summed E-state index contributed by atoms with van der Waals surface area (Å²) >= 11 is 0. The van der Waals surface area contributed by atoms with Crippen molar-refractivity contribution in [2.75, 3.05) is 0 Å². The minimum absolute atomic E-state index is 0.0376. The van der Waals surface area contributed by atoms with Gasteiger partial charge in [0.1, 0.15) is 0 Å². The number of imidazole rings is 1. The molecule has 2 heterocycles. The molecule has 19 heavy (non-hydrogen) atoms. The van der Waals surface area contributed by atoms with Crippen LogP contribution < -0.4 is 0 Å². The number of carbonyl (C=O) groups is 1. The van der Waals surface area contributed by atoms with E-state index in [9.17, 15) is 4.79 Å². The largest absolute Gasteiger partial charge is 0.323 e. The van der Waals surface area contributed by atoms with Gasteiger partial charge in [0.25, 0.3) is 0 Å². The smallest absolute Gasteiger partial charge is 0.184 e. The maximum atomic E-state index is 12.2. The zero-order valence-corrected chi connectivity index (χ0v) is 10.6. The number of para-hydroxylation sites is 2. The highest BCUT2D eigenvalue weighted by atomic mass is 16.1. The monoisotopic (exact) mass is 251 g/mol. The number of carbonyl (C=O) groups excluding carboxylic acids is 1. The van der Waals surface area contributed by atoms with Crippen LogP contribution >= 0.6 is 0 Å². The number of hydrogen-bond acceptors (Lipinski definition) is 3. The molecule has 94 valence electrons. The van der Waals surface area contributed by atoms with Gasteiger partial charge in [-0.05, 0) is 31.2 Å². The second-order valence-corrected chi connectivity index (χ2v) is 4.47. The summed E-state index contributed by atoms with van der Waals surface area (Å²) in [5.74, 6) is 0.0376. The molecule has 0 saturated heterocycles. The molecular formula is C15H13N3O. The summed E-state index contributed by atoms with van der Waals surface area (Å²) in [7, 11) is 0. The van der Waals surface area contributed by atoms with Gasteiger partial charge >= 0.3 is 0 Å². The normalized spacial score (nSPS) is 10.8. The Morgan fingerprint density at radius 1 is 1.16 bits per heavy atom. The van der Waals surface area contributed by atoms with E-state index >= 15 is 0 Å². The Labute approximate surface area is 110 Å². The van der Waals surface area contributed by atoms with Gasteiger partial charge in [-0.1, -0.05) is 12.1 Å². The topological polar surface area (TPSA) is 47.8 Å². The van der Waals surface area contributed by atoms with Crippen molar-refractivity contribution in [2.45, 2.75) is 13.5 Å². The molecular weight excluding hydrogens is 238 g/mol. The van der Waals surface area contributed by atoms with Crippen molar-refractivity contribution in [3.05, 3.63) is 60.2 Å². The van der Waals surface area contributed by atoms with Gasteiger partial charge in [-0.25, -0.2) is 4.98 Å². The number of Topliss-reactive ketones (excluding diaryl/α,β-unsaturated/α-hetero) is 1. The highest BCUT2D eigenvalue weighted by molar-refractivity contribution is 5.96. The molecule has 0 aliphatic heterocycles. The molecule has 0 atom stereocenters. The molecule has 0 N–H and O–H groups in total. The lowest BCUT2D eigenvalue weighted by molar-refractivity contribution is 0.0973. The van der Waals surface area contributed by atoms with Gasteiger partial charge in [0.2, 0.25) is 0 Å². The van der Waals surface area contributed by atoms with Gasteiger partial charge in [-0.3, -0.25) is 9.78 Å². The molecule has 0 spiro atoms. The summed E-state index contributed by atoms with van der Waals surface area (Å²) in [5, 5.41) is 0. The quantitative estimate of drug-likeness (QED) is 0.672. The number of benzene rings is 1. The number of pyridine rings is 1. The van der Waals surface area contributed by atoms with Crippen molar-refractivity contribution in [1.29, 1.82) is 0 Å². The predicted molar refractivity (Wildman–Crippen MR) is 73.0 cm³/mol. The lowest BCUT2D eigenvalue weighted by Crippen LogP contribution is -2.09. The summed E-state index contributed by atoms with van der Waals surface area (Å²) < 4.78 is 1.86. The number of aromatic nitrogens is 3. The van der Waals surface area contributed by atoms with Crippen LogP contribution in [0, 0.1) is 6.92 Å². The van der Waals surface area contributed by atoms with Crippen LogP contribution in [-0.4, -0.2) is 20.3 Å². The van der Waals surface area contributed by atoms with Gasteiger partial charge in [0.15, 0.2) is 5.78 Å². The van der Waals surface area contributed by atoms with Crippen molar-refractivity contribution in [1.82, 2.24) is 14.5 Å². The highest BCUT2D eigenvalue weighted by Crippen LogP contribution is 2.12. The molecule has 0 unspecified atom stereocenters. The Kier molecular flexibility index (Phi) is 2.83. The van der Waals surface area contributed by atoms with Gasteiger partial charge in [0, 0.05) is 17.5 Å². The number of ketones is 1. The maximum Gasteiger partial charge on any atom is 0.184 e. The second kappa shape index (κ2) is 4.65. The Morgan fingerprint density at radius 2 is 2.00 bits per heavy atom. The minimum Gasteiger partial charge on any atom is -0.323 e. The summed E-state index contributed by atoms with van der Waals surface area (Å²) in [6.07, 6.45) is 3.32. The van der Waals surface area contributed by atoms with Gasteiger partial charge in [-0.2, -0.15) is 0 Å². The van der Waals surface area contributed by atoms with E-state index in [2.05, 4.69) is 9.97 Å². The summed E-state index contributed by atoms with van der Waals surface area (Å²) in [4.78, 5) is 20.6. The van der Waals surface area contributed by atoms with Crippen LogP contribution in [0.4, 0.5) is 0 Å². The van der Waals surface area contributed by atoms with Crippen molar-refractivity contribution < 1.29 is 4.79 Å². The van der Waals surface area contributed by atoms with E-state index in [-0.39, 0.29) is 12.3 Å². The van der Waals surface area contributed by atoms with E-state index in [1.165, 1.54) is 0 Å². The van der Waals surface area contributed by atoms with Crippen LogP contribution in [0.15, 0.2) is 48.9 Å². The lowest BCUT2D eigenvalue weighted by Gasteiger charge is -2.04. The molecule has 3 aromatic rings. The minimum atomic E-state index is 0.0376. The third kappa shape index (κ3) is 2.25. The van der Waals surface area contributed by atoms with E-state index in [4.69, 9.17) is 0 Å². The lowest BCUT2D eigenvalue weighted by atomic mass is 10.2. The standard InChI is InChI=1S/C15H13N3O/c1-11-6-7-12(8-16-11)15(19)9-18-10-17-13-4-2-3-5-14(13)18/h2-8,10H,9H2,1H3. The second-order valence-electron chi connectivity index (χ2n) is 4.47. The first-order chi connectivity index (χ1) is 9.24. The Hall–Kier alpha value is -2.49. The van der Waals surface area contributed by atoms with Crippen LogP contribution in [0.1, 0.15) is 16.1 Å². The summed E-state index contributed by atoms with van der Waals surface area (Å²) in [5.41, 5.74) is 3.40. The molecule has 0 aliphatic rings. The molecule has 0 radical (unpaired) electrons. The van der Waals surface area contributed by atoms with Crippen LogP contribution in [0.3, 0.4) is 0 Å². The zero-order chi connectivity index (χ0) is 13.2. The van der Waals surface area contributed by atoms with Gasteiger partial charge in [-0.15, -0.1) is 0 Å². The van der Waals surface area contributed by atoms with E-state index < -0.39 is 0 Å². The molecule has 4 nitrogen and oxygen atoms in total. The van der Waals surface area contributed by atoms with Crippen molar-refractivity contribution in [3.63, 3.8) is 0 Å². The van der Waals surface area contributed by atoms with Crippen LogP contribution in [0.25, 0.3) is 11.0 Å². The fraction of sp³-hybridized carbons (Fsp3) is 0.133. The molecule has 1 aromatic carbocycles. The van der Waals surface area contributed by atoms with E-state index in [1.54, 1.807) is 12.5 Å². The predicted octanol–water partition coefficient (Wildman–Crippen LogP) is 2.62. The third-order valence-electron chi connectivity index (χ3n) is 3.07. The third-order valence-corrected chi connectivity index (χ3v) is 3.07. The summed E-state index contributed by atoms with van der Waals surface area (Å²) in [6, 6.07) is 11.4. The molecule has 2 aromatic heterocycles.